The molecule has 3 heterocycles. The van der Waals surface area contributed by atoms with Gasteiger partial charge in [0.1, 0.15) is 11.6 Å². The molecular formula is C27H35BrN2O6. The molecule has 36 heavy (non-hydrogen) atoms. The highest BCUT2D eigenvalue weighted by Gasteiger charge is 2.77. The van der Waals surface area contributed by atoms with E-state index in [1.54, 1.807) is 22.8 Å². The number of benzene rings is 1. The second-order valence-corrected chi connectivity index (χ2v) is 11.1. The van der Waals surface area contributed by atoms with E-state index >= 15 is 0 Å². The average molecular weight is 563 g/mol. The molecule has 9 heteroatoms. The molecule has 196 valence electrons. The van der Waals surface area contributed by atoms with Gasteiger partial charge in [-0.2, -0.15) is 0 Å². The molecular weight excluding hydrogens is 528 g/mol. The van der Waals surface area contributed by atoms with Crippen molar-refractivity contribution < 1.29 is 29.0 Å². The van der Waals surface area contributed by atoms with Crippen LogP contribution in [0.3, 0.4) is 0 Å². The number of aliphatic hydroxyl groups is 1. The smallest absolute Gasteiger partial charge is 0.312 e. The van der Waals surface area contributed by atoms with E-state index in [1.807, 2.05) is 32.0 Å². The molecule has 8 nitrogen and oxygen atoms in total. The molecule has 2 amide bonds. The molecule has 2 bridgehead atoms. The highest BCUT2D eigenvalue weighted by atomic mass is 79.9. The summed E-state index contributed by atoms with van der Waals surface area (Å²) in [6.45, 7) is 10.3. The molecule has 4 rings (SSSR count). The van der Waals surface area contributed by atoms with Gasteiger partial charge in [0.15, 0.2) is 0 Å². The Hall–Kier alpha value is -2.23. The molecule has 0 radical (unpaired) electrons. The number of likely N-dealkylation sites (tertiary alicyclic amines) is 1. The Kier molecular flexibility index (Phi) is 7.92. The van der Waals surface area contributed by atoms with E-state index in [2.05, 4.69) is 22.5 Å². The summed E-state index contributed by atoms with van der Waals surface area (Å²) in [6, 6.07) is 5.01. The van der Waals surface area contributed by atoms with Crippen LogP contribution in [-0.2, 0) is 23.9 Å². The number of carbonyl (C=O) groups is 3. The molecule has 1 aromatic carbocycles. The topological polar surface area (TPSA) is 96.4 Å². The first kappa shape index (κ1) is 26.8. The number of alkyl halides is 1. The number of carbonyl (C=O) groups excluding carboxylic acids is 3. The van der Waals surface area contributed by atoms with Gasteiger partial charge in [-0.3, -0.25) is 14.4 Å². The Morgan fingerprint density at radius 2 is 2.11 bits per heavy atom. The second kappa shape index (κ2) is 10.6. The molecule has 3 fully saturated rings. The summed E-state index contributed by atoms with van der Waals surface area (Å²) >= 11 is 3.66. The van der Waals surface area contributed by atoms with Gasteiger partial charge in [0, 0.05) is 30.2 Å². The third kappa shape index (κ3) is 4.29. The minimum atomic E-state index is -1.14. The molecule has 0 aliphatic carbocycles. The number of aliphatic hydroxyl groups excluding tert-OH is 1. The van der Waals surface area contributed by atoms with E-state index in [0.29, 0.717) is 25.8 Å². The van der Waals surface area contributed by atoms with Crippen LogP contribution in [0.5, 0.6) is 0 Å². The number of ether oxygens (including phenoxy) is 2. The van der Waals surface area contributed by atoms with Crippen molar-refractivity contribution in [3.8, 4) is 0 Å². The lowest BCUT2D eigenvalue weighted by Gasteiger charge is -2.37. The van der Waals surface area contributed by atoms with Crippen molar-refractivity contribution >= 4 is 39.4 Å². The molecule has 6 atom stereocenters. The number of aryl methyl sites for hydroxylation is 2. The van der Waals surface area contributed by atoms with E-state index in [1.165, 1.54) is 0 Å². The van der Waals surface area contributed by atoms with Crippen LogP contribution < -0.4 is 4.90 Å². The molecule has 1 spiro atoms. The maximum absolute atomic E-state index is 14.4. The van der Waals surface area contributed by atoms with Gasteiger partial charge in [-0.05, 0) is 57.2 Å². The third-order valence-corrected chi connectivity index (χ3v) is 8.47. The van der Waals surface area contributed by atoms with E-state index in [9.17, 15) is 19.5 Å². The molecule has 3 aliphatic rings. The van der Waals surface area contributed by atoms with Gasteiger partial charge in [0.25, 0.3) is 5.91 Å². The summed E-state index contributed by atoms with van der Waals surface area (Å²) in [6.07, 6.45) is 2.60. The van der Waals surface area contributed by atoms with Crippen molar-refractivity contribution in [2.75, 3.05) is 31.2 Å². The average Bonchev–Trinajstić information content (AvgIpc) is 3.43. The van der Waals surface area contributed by atoms with E-state index in [4.69, 9.17) is 9.47 Å². The van der Waals surface area contributed by atoms with Gasteiger partial charge in [-0.15, -0.1) is 6.58 Å². The number of hydrogen-bond acceptors (Lipinski definition) is 6. The Balaban J connectivity index is 1.80. The maximum atomic E-state index is 14.4. The number of nitrogens with zero attached hydrogens (tertiary/aromatic N) is 2. The number of amides is 2. The van der Waals surface area contributed by atoms with Gasteiger partial charge < -0.3 is 24.4 Å². The lowest BCUT2D eigenvalue weighted by atomic mass is 9.70. The van der Waals surface area contributed by atoms with Crippen molar-refractivity contribution in [3.63, 3.8) is 0 Å². The fourth-order valence-electron chi connectivity index (χ4n) is 6.15. The standard InChI is InChI=1S/C27H35BrN2O6/c1-5-11-29(19-14-16(3)9-10-17(19)4)25(33)23-27-15-18(28)22(36-27)20(26(34)35-6-2)21(27)24(32)30(23)12-7-8-13-31/h5,9-10,14,18,20-23,31H,1,6-8,11-13,15H2,2-4H3/t18?,20-,21+,22-,23-,27+/m0/s1. The van der Waals surface area contributed by atoms with Crippen molar-refractivity contribution in [1.29, 1.82) is 0 Å². The molecule has 3 aliphatic heterocycles. The van der Waals surface area contributed by atoms with Gasteiger partial charge in [-0.1, -0.05) is 34.1 Å². The summed E-state index contributed by atoms with van der Waals surface area (Å²) in [5.74, 6) is -2.54. The monoisotopic (exact) mass is 562 g/mol. The van der Waals surface area contributed by atoms with E-state index in [0.717, 1.165) is 16.8 Å². The second-order valence-electron chi connectivity index (χ2n) is 9.91. The third-order valence-electron chi connectivity index (χ3n) is 7.62. The van der Waals surface area contributed by atoms with Crippen LogP contribution in [0.1, 0.15) is 37.3 Å². The Labute approximate surface area is 220 Å². The lowest BCUT2D eigenvalue weighted by molar-refractivity contribution is -0.154. The van der Waals surface area contributed by atoms with Gasteiger partial charge in [0.05, 0.1) is 24.5 Å². The van der Waals surface area contributed by atoms with Crippen molar-refractivity contribution in [2.45, 2.75) is 62.6 Å². The van der Waals surface area contributed by atoms with Crippen LogP contribution in [0.2, 0.25) is 0 Å². The highest BCUT2D eigenvalue weighted by molar-refractivity contribution is 9.09. The lowest BCUT2D eigenvalue weighted by Crippen LogP contribution is -2.57. The first-order valence-electron chi connectivity index (χ1n) is 12.6. The number of anilines is 1. The van der Waals surface area contributed by atoms with Crippen LogP contribution in [0.15, 0.2) is 30.9 Å². The SMILES string of the molecule is C=CCN(C(=O)[C@@H]1N(CCCCO)C(=O)[C@H]2[C@H](C(=O)OCC)[C@H]3O[C@@]12CC3Br)c1cc(C)ccc1C. The maximum Gasteiger partial charge on any atom is 0.312 e. The fourth-order valence-corrected chi connectivity index (χ4v) is 7.09. The number of rotatable bonds is 10. The summed E-state index contributed by atoms with van der Waals surface area (Å²) in [4.78, 5) is 44.4. The van der Waals surface area contributed by atoms with Gasteiger partial charge >= 0.3 is 5.97 Å². The first-order chi connectivity index (χ1) is 17.2. The molecule has 0 saturated carbocycles. The van der Waals surface area contributed by atoms with Crippen molar-refractivity contribution in [3.05, 3.63) is 42.0 Å². The van der Waals surface area contributed by atoms with E-state index in [-0.39, 0.29) is 36.4 Å². The van der Waals surface area contributed by atoms with Gasteiger partial charge in [0.2, 0.25) is 5.91 Å². The number of esters is 1. The zero-order valence-electron chi connectivity index (χ0n) is 21.1. The summed E-state index contributed by atoms with van der Waals surface area (Å²) in [5.41, 5.74) is 1.56. The quantitative estimate of drug-likeness (QED) is 0.204. The zero-order valence-corrected chi connectivity index (χ0v) is 22.7. The summed E-state index contributed by atoms with van der Waals surface area (Å²) in [5, 5.41) is 9.34. The molecule has 1 aromatic rings. The molecule has 1 unspecified atom stereocenters. The van der Waals surface area contributed by atoms with E-state index < -0.39 is 35.6 Å². The molecule has 1 N–H and O–H groups in total. The van der Waals surface area contributed by atoms with Gasteiger partial charge in [-0.25, -0.2) is 0 Å². The predicted octanol–water partition coefficient (Wildman–Crippen LogP) is 2.91. The van der Waals surface area contributed by atoms with Crippen LogP contribution in [-0.4, -0.2) is 76.7 Å². The first-order valence-corrected chi connectivity index (χ1v) is 13.5. The predicted molar refractivity (Wildman–Crippen MR) is 139 cm³/mol. The van der Waals surface area contributed by atoms with Crippen molar-refractivity contribution in [2.24, 2.45) is 11.8 Å². The summed E-state index contributed by atoms with van der Waals surface area (Å²) < 4.78 is 11.8. The number of unbranched alkanes of at least 4 members (excludes halogenated alkanes) is 1. The Morgan fingerprint density at radius 1 is 1.36 bits per heavy atom. The van der Waals surface area contributed by atoms with Crippen LogP contribution in [0.4, 0.5) is 5.69 Å². The molecule has 3 saturated heterocycles. The molecule has 0 aromatic heterocycles. The number of fused-ring (bicyclic) bond motifs is 1. The van der Waals surface area contributed by atoms with Crippen LogP contribution in [0.25, 0.3) is 0 Å². The minimum absolute atomic E-state index is 0.00616. The van der Waals surface area contributed by atoms with Crippen LogP contribution in [0, 0.1) is 25.7 Å². The number of halogens is 1. The summed E-state index contributed by atoms with van der Waals surface area (Å²) in [7, 11) is 0. The zero-order chi connectivity index (χ0) is 26.2. The normalized spacial score (nSPS) is 30.4. The minimum Gasteiger partial charge on any atom is -0.466 e. The fraction of sp³-hybridized carbons (Fsp3) is 0.593. The Bertz CT molecular complexity index is 1050. The van der Waals surface area contributed by atoms with Crippen LogP contribution >= 0.6 is 15.9 Å². The largest absolute Gasteiger partial charge is 0.466 e. The van der Waals surface area contributed by atoms with Crippen molar-refractivity contribution in [1.82, 2.24) is 4.90 Å². The highest BCUT2D eigenvalue weighted by Crippen LogP contribution is 2.60. The number of hydrogen-bond donors (Lipinski definition) is 1. The Morgan fingerprint density at radius 3 is 2.78 bits per heavy atom.